The second-order valence-electron chi connectivity index (χ2n) is 7.26. The zero-order valence-electron chi connectivity index (χ0n) is 16.4. The topological polar surface area (TPSA) is 45.2 Å². The summed E-state index contributed by atoms with van der Waals surface area (Å²) < 4.78 is 1.13. The van der Waals surface area contributed by atoms with Crippen LogP contribution in [0.4, 0.5) is 5.00 Å². The Kier molecular flexibility index (Phi) is 6.58. The summed E-state index contributed by atoms with van der Waals surface area (Å²) in [6.45, 7) is 1.85. The summed E-state index contributed by atoms with van der Waals surface area (Å²) in [7, 11) is 2.12. The molecule has 0 bridgehead atoms. The Morgan fingerprint density at radius 1 is 1.16 bits per heavy atom. The summed E-state index contributed by atoms with van der Waals surface area (Å²) in [6, 6.07) is 13.0. The molecule has 0 spiro atoms. The normalized spacial score (nSPS) is 13.6. The number of halogens is 3. The number of para-hydroxylation sites is 1. The van der Waals surface area contributed by atoms with Crippen molar-refractivity contribution in [3.05, 3.63) is 68.5 Å². The van der Waals surface area contributed by atoms with Gasteiger partial charge in [-0.05, 0) is 49.4 Å². The molecule has 9 heteroatoms. The Bertz CT molecular complexity index is 1250. The van der Waals surface area contributed by atoms with Gasteiger partial charge in [-0.25, -0.2) is 4.98 Å². The molecule has 1 N–H and O–H groups in total. The van der Waals surface area contributed by atoms with Crippen LogP contribution in [0.5, 0.6) is 0 Å². The van der Waals surface area contributed by atoms with Gasteiger partial charge in [-0.1, -0.05) is 35.3 Å². The number of rotatable bonds is 3. The van der Waals surface area contributed by atoms with Crippen molar-refractivity contribution in [1.82, 2.24) is 9.88 Å². The van der Waals surface area contributed by atoms with E-state index in [9.17, 15) is 4.79 Å². The molecule has 0 saturated heterocycles. The first-order chi connectivity index (χ1) is 14.5. The Balaban J connectivity index is 0.00000231. The van der Waals surface area contributed by atoms with E-state index < -0.39 is 0 Å². The van der Waals surface area contributed by atoms with Crippen LogP contribution in [0.1, 0.15) is 20.8 Å². The van der Waals surface area contributed by atoms with Gasteiger partial charge in [-0.2, -0.15) is 0 Å². The fraction of sp³-hybridized carbons (Fsp3) is 0.182. The summed E-state index contributed by atoms with van der Waals surface area (Å²) >= 11 is 15.6. The van der Waals surface area contributed by atoms with Crippen LogP contribution in [0.25, 0.3) is 20.8 Å². The number of carbonyl (C=O) groups excluding carboxylic acids is 1. The number of fused-ring (bicyclic) bond motifs is 2. The molecule has 0 radical (unpaired) electrons. The van der Waals surface area contributed by atoms with Crippen molar-refractivity contribution in [3.63, 3.8) is 0 Å². The van der Waals surface area contributed by atoms with Crippen LogP contribution in [0.3, 0.4) is 0 Å². The Hall–Kier alpha value is -1.67. The zero-order chi connectivity index (χ0) is 20.8. The molecule has 5 rings (SSSR count). The van der Waals surface area contributed by atoms with E-state index in [1.54, 1.807) is 40.9 Å². The van der Waals surface area contributed by atoms with E-state index in [4.69, 9.17) is 28.2 Å². The molecule has 0 fully saturated rings. The monoisotopic (exact) mass is 509 g/mol. The first-order valence-corrected chi connectivity index (χ1v) is 11.8. The van der Waals surface area contributed by atoms with Gasteiger partial charge in [0.05, 0.1) is 20.8 Å². The molecule has 2 aromatic carbocycles. The van der Waals surface area contributed by atoms with Crippen molar-refractivity contribution in [1.29, 1.82) is 0 Å². The van der Waals surface area contributed by atoms with E-state index in [1.807, 2.05) is 18.2 Å². The van der Waals surface area contributed by atoms with Crippen LogP contribution < -0.4 is 5.32 Å². The molecular formula is C22H18Cl3N3OS2. The molecular weight excluding hydrogens is 493 g/mol. The molecule has 1 aliphatic heterocycles. The average Bonchev–Trinajstić information content (AvgIpc) is 3.29. The second kappa shape index (κ2) is 9.06. The van der Waals surface area contributed by atoms with Gasteiger partial charge >= 0.3 is 0 Å². The lowest BCUT2D eigenvalue weighted by Gasteiger charge is -2.22. The van der Waals surface area contributed by atoms with E-state index in [0.29, 0.717) is 15.6 Å². The maximum atomic E-state index is 13.0. The third kappa shape index (κ3) is 4.33. The van der Waals surface area contributed by atoms with E-state index in [2.05, 4.69) is 23.3 Å². The van der Waals surface area contributed by atoms with Crippen molar-refractivity contribution in [2.24, 2.45) is 0 Å². The van der Waals surface area contributed by atoms with E-state index in [-0.39, 0.29) is 18.3 Å². The predicted molar refractivity (Wildman–Crippen MR) is 135 cm³/mol. The minimum absolute atomic E-state index is 0. The summed E-state index contributed by atoms with van der Waals surface area (Å²) in [5.41, 5.74) is 3.66. The highest BCUT2D eigenvalue weighted by Gasteiger charge is 2.27. The van der Waals surface area contributed by atoms with E-state index in [0.717, 1.165) is 45.3 Å². The Labute approximate surface area is 204 Å². The van der Waals surface area contributed by atoms with Crippen LogP contribution in [0, 0.1) is 0 Å². The first-order valence-electron chi connectivity index (χ1n) is 9.45. The van der Waals surface area contributed by atoms with E-state index in [1.165, 1.54) is 10.4 Å². The number of nitrogens with one attached hydrogen (secondary N) is 1. The summed E-state index contributed by atoms with van der Waals surface area (Å²) in [5, 5.41) is 5.70. The number of likely N-dealkylation sites (N-methyl/N-ethyl adjacent to an activating group) is 1. The molecule has 2 aromatic heterocycles. The minimum Gasteiger partial charge on any atom is -0.313 e. The lowest BCUT2D eigenvalue weighted by molar-refractivity contribution is 0.102. The number of hydrogen-bond donors (Lipinski definition) is 1. The second-order valence-corrected chi connectivity index (χ2v) is 10.2. The fourth-order valence-corrected chi connectivity index (χ4v) is 6.48. The van der Waals surface area contributed by atoms with Crippen molar-refractivity contribution in [2.75, 3.05) is 18.9 Å². The number of carbonyl (C=O) groups is 1. The van der Waals surface area contributed by atoms with Crippen LogP contribution in [0.15, 0.2) is 42.5 Å². The predicted octanol–water partition coefficient (Wildman–Crippen LogP) is 6.99. The largest absolute Gasteiger partial charge is 0.313 e. The highest BCUT2D eigenvalue weighted by atomic mass is 35.5. The van der Waals surface area contributed by atoms with Gasteiger partial charge in [0.2, 0.25) is 0 Å². The van der Waals surface area contributed by atoms with Gasteiger partial charge in [-0.3, -0.25) is 4.79 Å². The molecule has 31 heavy (non-hydrogen) atoms. The van der Waals surface area contributed by atoms with Crippen LogP contribution in [-0.4, -0.2) is 29.4 Å². The summed E-state index contributed by atoms with van der Waals surface area (Å²) in [5.74, 6) is -0.267. The van der Waals surface area contributed by atoms with Gasteiger partial charge in [0.1, 0.15) is 10.0 Å². The lowest BCUT2D eigenvalue weighted by atomic mass is 10.0. The number of amides is 1. The molecule has 3 heterocycles. The summed E-state index contributed by atoms with van der Waals surface area (Å²) in [6.07, 6.45) is 0.932. The molecule has 0 aliphatic carbocycles. The van der Waals surface area contributed by atoms with Gasteiger partial charge in [0.25, 0.3) is 5.91 Å². The number of benzene rings is 2. The third-order valence-corrected chi connectivity index (χ3v) is 7.91. The summed E-state index contributed by atoms with van der Waals surface area (Å²) in [4.78, 5) is 21.5. The molecule has 0 atom stereocenters. The third-order valence-electron chi connectivity index (χ3n) is 5.16. The molecule has 4 nitrogen and oxygen atoms in total. The lowest BCUT2D eigenvalue weighted by Crippen LogP contribution is -2.25. The highest BCUT2D eigenvalue weighted by Crippen LogP contribution is 2.45. The maximum absolute atomic E-state index is 13.0. The first kappa shape index (κ1) is 22.5. The highest BCUT2D eigenvalue weighted by molar-refractivity contribution is 7.23. The van der Waals surface area contributed by atoms with Crippen LogP contribution >= 0.6 is 58.3 Å². The van der Waals surface area contributed by atoms with Crippen molar-refractivity contribution >= 4 is 79.4 Å². The maximum Gasteiger partial charge on any atom is 0.257 e. The molecule has 0 unspecified atom stereocenters. The van der Waals surface area contributed by atoms with Gasteiger partial charge < -0.3 is 10.2 Å². The molecule has 1 aliphatic rings. The van der Waals surface area contributed by atoms with Gasteiger partial charge in [0.15, 0.2) is 0 Å². The van der Waals surface area contributed by atoms with Gasteiger partial charge in [-0.15, -0.1) is 35.1 Å². The average molecular weight is 511 g/mol. The Morgan fingerprint density at radius 2 is 1.97 bits per heavy atom. The molecule has 1 amide bonds. The van der Waals surface area contributed by atoms with E-state index >= 15 is 0 Å². The van der Waals surface area contributed by atoms with Crippen molar-refractivity contribution in [3.8, 4) is 10.6 Å². The Morgan fingerprint density at radius 3 is 2.77 bits per heavy atom. The van der Waals surface area contributed by atoms with Crippen LogP contribution in [0.2, 0.25) is 10.0 Å². The van der Waals surface area contributed by atoms with Crippen molar-refractivity contribution in [2.45, 2.75) is 13.0 Å². The minimum atomic E-state index is -0.267. The zero-order valence-corrected chi connectivity index (χ0v) is 20.4. The number of hydrogen-bond acceptors (Lipinski definition) is 5. The van der Waals surface area contributed by atoms with Gasteiger partial charge in [0, 0.05) is 28.6 Å². The smallest absolute Gasteiger partial charge is 0.257 e. The molecule has 0 saturated carbocycles. The number of thiophene rings is 1. The van der Waals surface area contributed by atoms with Crippen LogP contribution in [-0.2, 0) is 13.0 Å². The quantitative estimate of drug-likeness (QED) is 0.323. The molecule has 4 aromatic rings. The number of anilines is 1. The number of thiazole rings is 1. The number of nitrogens with zero attached hydrogens (tertiary/aromatic N) is 2. The standard InChI is InChI=1S/C22H17Cl2N3OS2.ClH/c1-27-9-8-13-18(11-27)30-22(26-20(28)14-10-12(23)6-7-15(14)24)19(13)21-25-16-4-2-3-5-17(16)29-21;/h2-7,10H,8-9,11H2,1H3,(H,26,28);1H. The SMILES string of the molecule is CN1CCc2c(sc(NC(=O)c3cc(Cl)ccc3Cl)c2-c2nc3ccccc3s2)C1.Cl. The number of aromatic nitrogens is 1. The molecule has 160 valence electrons. The van der Waals surface area contributed by atoms with Crippen molar-refractivity contribution < 1.29 is 4.79 Å². The fourth-order valence-electron chi connectivity index (χ4n) is 3.67.